The smallest absolute Gasteiger partial charge is 0.225 e. The number of amides is 1. The second kappa shape index (κ2) is 4.09. The molecule has 76 valence electrons. The van der Waals surface area contributed by atoms with Gasteiger partial charge in [0.05, 0.1) is 0 Å². The molecule has 1 aliphatic heterocycles. The van der Waals surface area contributed by atoms with Crippen LogP contribution in [0.5, 0.6) is 0 Å². The van der Waals surface area contributed by atoms with Crippen LogP contribution in [0, 0.1) is 5.92 Å². The summed E-state index contributed by atoms with van der Waals surface area (Å²) in [6, 6.07) is 0.736. The molecule has 1 heterocycles. The fourth-order valence-corrected chi connectivity index (χ4v) is 1.70. The molecule has 1 amide bonds. The van der Waals surface area contributed by atoms with Gasteiger partial charge in [0.1, 0.15) is 0 Å². The van der Waals surface area contributed by atoms with Gasteiger partial charge in [-0.3, -0.25) is 4.79 Å². The first-order valence-electron chi connectivity index (χ1n) is 5.08. The van der Waals surface area contributed by atoms with Gasteiger partial charge in [-0.05, 0) is 13.8 Å². The molecule has 1 saturated heterocycles. The second-order valence-electron chi connectivity index (χ2n) is 4.17. The largest absolute Gasteiger partial charge is 0.337 e. The fraction of sp³-hybridized carbons (Fsp3) is 0.900. The molecule has 1 rings (SSSR count). The maximum Gasteiger partial charge on any atom is 0.225 e. The predicted molar refractivity (Wildman–Crippen MR) is 53.5 cm³/mol. The average Bonchev–Trinajstić information content (AvgIpc) is 2.08. The predicted octanol–water partition coefficient (Wildman–Crippen LogP) is 0.851. The normalized spacial score (nSPS) is 29.5. The molecule has 1 N–H and O–H groups in total. The molecular weight excluding hydrogens is 164 g/mol. The summed E-state index contributed by atoms with van der Waals surface area (Å²) in [6.07, 6.45) is 0. The fourth-order valence-electron chi connectivity index (χ4n) is 1.70. The van der Waals surface area contributed by atoms with Gasteiger partial charge in [0, 0.05) is 31.1 Å². The molecule has 0 spiro atoms. The summed E-state index contributed by atoms with van der Waals surface area (Å²) in [4.78, 5) is 13.7. The second-order valence-corrected chi connectivity index (χ2v) is 4.17. The van der Waals surface area contributed by atoms with Crippen molar-refractivity contribution in [2.75, 3.05) is 13.1 Å². The van der Waals surface area contributed by atoms with Crippen LogP contribution in [0.2, 0.25) is 0 Å². The van der Waals surface area contributed by atoms with Gasteiger partial charge in [-0.1, -0.05) is 13.8 Å². The van der Waals surface area contributed by atoms with Crippen molar-refractivity contribution in [1.82, 2.24) is 10.2 Å². The molecule has 1 aliphatic rings. The molecule has 0 bridgehead atoms. The van der Waals surface area contributed by atoms with Gasteiger partial charge in [0.2, 0.25) is 5.91 Å². The Morgan fingerprint density at radius 1 is 1.46 bits per heavy atom. The summed E-state index contributed by atoms with van der Waals surface area (Å²) in [7, 11) is 0. The van der Waals surface area contributed by atoms with Crippen molar-refractivity contribution < 1.29 is 4.79 Å². The molecule has 0 aromatic rings. The van der Waals surface area contributed by atoms with Crippen LogP contribution >= 0.6 is 0 Å². The molecule has 3 nitrogen and oxygen atoms in total. The molecule has 3 heteroatoms. The lowest BCUT2D eigenvalue weighted by atomic mass is 10.0. The van der Waals surface area contributed by atoms with Crippen LogP contribution in [-0.2, 0) is 4.79 Å². The van der Waals surface area contributed by atoms with Crippen molar-refractivity contribution in [2.45, 2.75) is 39.8 Å². The molecule has 0 saturated carbocycles. The first-order chi connectivity index (χ1) is 6.04. The highest BCUT2D eigenvalue weighted by molar-refractivity contribution is 5.78. The lowest BCUT2D eigenvalue weighted by Gasteiger charge is -2.39. The van der Waals surface area contributed by atoms with E-state index in [9.17, 15) is 4.79 Å². The van der Waals surface area contributed by atoms with Crippen LogP contribution < -0.4 is 5.32 Å². The van der Waals surface area contributed by atoms with Crippen molar-refractivity contribution in [3.05, 3.63) is 0 Å². The van der Waals surface area contributed by atoms with Gasteiger partial charge >= 0.3 is 0 Å². The first kappa shape index (κ1) is 10.5. The SMILES string of the molecule is CC(C)C(=O)N1CCN[C@@H](C)[C@H]1C. The van der Waals surface area contributed by atoms with Crippen LogP contribution in [0.3, 0.4) is 0 Å². The van der Waals surface area contributed by atoms with Crippen molar-refractivity contribution in [3.8, 4) is 0 Å². The zero-order chi connectivity index (χ0) is 10.0. The van der Waals surface area contributed by atoms with Gasteiger partial charge < -0.3 is 10.2 Å². The molecule has 0 radical (unpaired) electrons. The molecule has 0 unspecified atom stereocenters. The minimum absolute atomic E-state index is 0.118. The van der Waals surface area contributed by atoms with E-state index < -0.39 is 0 Å². The molecule has 1 fully saturated rings. The minimum atomic E-state index is 0.118. The number of carbonyl (C=O) groups is 1. The van der Waals surface area contributed by atoms with E-state index in [2.05, 4.69) is 19.2 Å². The number of piperazine rings is 1. The van der Waals surface area contributed by atoms with E-state index in [0.717, 1.165) is 13.1 Å². The zero-order valence-corrected chi connectivity index (χ0v) is 9.00. The van der Waals surface area contributed by atoms with Gasteiger partial charge in [-0.2, -0.15) is 0 Å². The third-order valence-corrected chi connectivity index (χ3v) is 2.81. The average molecular weight is 184 g/mol. The summed E-state index contributed by atoms with van der Waals surface area (Å²) in [5.74, 6) is 0.397. The van der Waals surface area contributed by atoms with E-state index in [1.54, 1.807) is 0 Å². The topological polar surface area (TPSA) is 32.3 Å². The van der Waals surface area contributed by atoms with Gasteiger partial charge in [0.25, 0.3) is 0 Å². The molecular formula is C10H20N2O. The number of nitrogens with one attached hydrogen (secondary N) is 1. The number of hydrogen-bond acceptors (Lipinski definition) is 2. The van der Waals surface area contributed by atoms with E-state index in [1.165, 1.54) is 0 Å². The molecule has 2 atom stereocenters. The quantitative estimate of drug-likeness (QED) is 0.655. The minimum Gasteiger partial charge on any atom is -0.337 e. The number of nitrogens with zero attached hydrogens (tertiary/aromatic N) is 1. The maximum absolute atomic E-state index is 11.8. The maximum atomic E-state index is 11.8. The van der Waals surface area contributed by atoms with E-state index >= 15 is 0 Å². The molecule has 0 aromatic heterocycles. The summed E-state index contributed by atoms with van der Waals surface area (Å²) < 4.78 is 0. The first-order valence-corrected chi connectivity index (χ1v) is 5.08. The van der Waals surface area contributed by atoms with Crippen LogP contribution in [0.25, 0.3) is 0 Å². The van der Waals surface area contributed by atoms with Crippen molar-refractivity contribution in [3.63, 3.8) is 0 Å². The summed E-state index contributed by atoms with van der Waals surface area (Å²) in [6.45, 7) is 9.93. The highest BCUT2D eigenvalue weighted by Crippen LogP contribution is 2.12. The molecule has 0 aliphatic carbocycles. The van der Waals surface area contributed by atoms with Gasteiger partial charge in [-0.25, -0.2) is 0 Å². The monoisotopic (exact) mass is 184 g/mol. The summed E-state index contributed by atoms with van der Waals surface area (Å²) in [5.41, 5.74) is 0. The van der Waals surface area contributed by atoms with E-state index in [4.69, 9.17) is 0 Å². The van der Waals surface area contributed by atoms with Crippen molar-refractivity contribution in [2.24, 2.45) is 5.92 Å². The Morgan fingerprint density at radius 2 is 2.08 bits per heavy atom. The number of rotatable bonds is 1. The van der Waals surface area contributed by atoms with Crippen LogP contribution in [0.15, 0.2) is 0 Å². The number of carbonyl (C=O) groups excluding carboxylic acids is 1. The van der Waals surface area contributed by atoms with E-state index in [1.807, 2.05) is 18.7 Å². The van der Waals surface area contributed by atoms with Crippen LogP contribution in [0.1, 0.15) is 27.7 Å². The standard InChI is InChI=1S/C10H20N2O/c1-7(2)10(13)12-6-5-11-8(3)9(12)4/h7-9,11H,5-6H2,1-4H3/t8-,9+/m0/s1. The molecule has 0 aromatic carbocycles. The third kappa shape index (κ3) is 2.21. The Hall–Kier alpha value is -0.570. The Labute approximate surface area is 80.5 Å². The lowest BCUT2D eigenvalue weighted by Crippen LogP contribution is -2.58. The Morgan fingerprint density at radius 3 is 2.62 bits per heavy atom. The van der Waals surface area contributed by atoms with Crippen LogP contribution in [0.4, 0.5) is 0 Å². The number of hydrogen-bond donors (Lipinski definition) is 1. The van der Waals surface area contributed by atoms with Gasteiger partial charge in [-0.15, -0.1) is 0 Å². The summed E-state index contributed by atoms with van der Waals surface area (Å²) in [5, 5.41) is 3.36. The van der Waals surface area contributed by atoms with E-state index in [-0.39, 0.29) is 11.8 Å². The van der Waals surface area contributed by atoms with Crippen LogP contribution in [-0.4, -0.2) is 36.0 Å². The summed E-state index contributed by atoms with van der Waals surface area (Å²) >= 11 is 0. The highest BCUT2D eigenvalue weighted by Gasteiger charge is 2.28. The van der Waals surface area contributed by atoms with E-state index in [0.29, 0.717) is 12.1 Å². The molecule has 13 heavy (non-hydrogen) atoms. The van der Waals surface area contributed by atoms with Crippen molar-refractivity contribution >= 4 is 5.91 Å². The third-order valence-electron chi connectivity index (χ3n) is 2.81. The van der Waals surface area contributed by atoms with Crippen molar-refractivity contribution in [1.29, 1.82) is 0 Å². The highest BCUT2D eigenvalue weighted by atomic mass is 16.2. The Bertz CT molecular complexity index is 191. The van der Waals surface area contributed by atoms with Gasteiger partial charge in [0.15, 0.2) is 0 Å². The Kier molecular flexibility index (Phi) is 3.31. The Balaban J connectivity index is 2.62. The lowest BCUT2D eigenvalue weighted by molar-refractivity contribution is -0.138. The zero-order valence-electron chi connectivity index (χ0n) is 9.00.